The van der Waals surface area contributed by atoms with E-state index in [-0.39, 0.29) is 10.6 Å². The average Bonchev–Trinajstić information content (AvgIpc) is 2.47. The van der Waals surface area contributed by atoms with Crippen LogP contribution in [0, 0.1) is 5.82 Å². The fourth-order valence-electron chi connectivity index (χ4n) is 1.81. The monoisotopic (exact) mass is 367 g/mol. The third-order valence-corrected chi connectivity index (χ3v) is 4.64. The highest BCUT2D eigenvalue weighted by Crippen LogP contribution is 2.29. The number of nitrogens with one attached hydrogen (secondary N) is 1. The number of hydrogen-bond donors (Lipinski definition) is 1. The summed E-state index contributed by atoms with van der Waals surface area (Å²) in [4.78, 5) is -0.669. The van der Waals surface area contributed by atoms with Crippen LogP contribution in [0.3, 0.4) is 0 Å². The van der Waals surface area contributed by atoms with Gasteiger partial charge in [0.2, 0.25) is 10.0 Å². The van der Waals surface area contributed by atoms with Gasteiger partial charge in [-0.15, -0.1) is 0 Å². The van der Waals surface area contributed by atoms with Crippen LogP contribution in [0.1, 0.15) is 11.1 Å². The number of halogens is 5. The molecule has 0 bridgehead atoms. The Morgan fingerprint density at radius 3 is 2.39 bits per heavy atom. The van der Waals surface area contributed by atoms with Crippen LogP contribution in [0.15, 0.2) is 47.4 Å². The fourth-order valence-corrected chi connectivity index (χ4v) is 3.15. The lowest BCUT2D eigenvalue weighted by atomic mass is 10.1. The second-order valence-electron chi connectivity index (χ2n) is 4.57. The summed E-state index contributed by atoms with van der Waals surface area (Å²) < 4.78 is 77.6. The van der Waals surface area contributed by atoms with Crippen molar-refractivity contribution in [2.75, 3.05) is 0 Å². The summed E-state index contributed by atoms with van der Waals surface area (Å²) in [6, 6.07) is 7.62. The lowest BCUT2D eigenvalue weighted by Gasteiger charge is -2.11. The molecule has 0 aliphatic carbocycles. The zero-order valence-corrected chi connectivity index (χ0v) is 12.9. The Morgan fingerprint density at radius 1 is 1.09 bits per heavy atom. The number of alkyl halides is 3. The maximum absolute atomic E-state index is 13.7. The summed E-state index contributed by atoms with van der Waals surface area (Å²) in [7, 11) is -4.25. The van der Waals surface area contributed by atoms with Gasteiger partial charge in [-0.05, 0) is 23.8 Å². The summed E-state index contributed by atoms with van der Waals surface area (Å²) in [6.07, 6.45) is -4.53. The molecule has 0 fully saturated rings. The van der Waals surface area contributed by atoms with E-state index in [0.29, 0.717) is 0 Å². The molecule has 0 aliphatic heterocycles. The van der Waals surface area contributed by atoms with Gasteiger partial charge in [0.05, 0.1) is 10.6 Å². The Bertz CT molecular complexity index is 822. The second kappa shape index (κ2) is 6.46. The SMILES string of the molecule is O=S(=O)(NCc1cccc(C(F)(F)F)c1)c1cccc(Cl)c1F. The van der Waals surface area contributed by atoms with Gasteiger partial charge < -0.3 is 0 Å². The van der Waals surface area contributed by atoms with Crippen molar-refractivity contribution in [2.24, 2.45) is 0 Å². The third kappa shape index (κ3) is 4.21. The van der Waals surface area contributed by atoms with Crippen molar-refractivity contribution in [3.05, 3.63) is 64.4 Å². The van der Waals surface area contributed by atoms with Gasteiger partial charge in [-0.3, -0.25) is 0 Å². The van der Waals surface area contributed by atoms with E-state index in [2.05, 4.69) is 0 Å². The van der Waals surface area contributed by atoms with E-state index in [1.54, 1.807) is 0 Å². The minimum absolute atomic E-state index is 0.0887. The fraction of sp³-hybridized carbons (Fsp3) is 0.143. The minimum Gasteiger partial charge on any atom is -0.207 e. The summed E-state index contributed by atoms with van der Waals surface area (Å²) in [5, 5.41) is -0.369. The van der Waals surface area contributed by atoms with Crippen LogP contribution >= 0.6 is 11.6 Å². The zero-order chi connectivity index (χ0) is 17.3. The molecule has 0 aromatic heterocycles. The summed E-state index contributed by atoms with van der Waals surface area (Å²) in [5.74, 6) is -1.12. The van der Waals surface area contributed by atoms with Crippen molar-refractivity contribution in [3.8, 4) is 0 Å². The van der Waals surface area contributed by atoms with Crippen molar-refractivity contribution in [1.29, 1.82) is 0 Å². The third-order valence-electron chi connectivity index (χ3n) is 2.93. The van der Waals surface area contributed by atoms with Gasteiger partial charge in [-0.2, -0.15) is 13.2 Å². The molecule has 23 heavy (non-hydrogen) atoms. The largest absolute Gasteiger partial charge is 0.416 e. The molecular weight excluding hydrogens is 358 g/mol. The van der Waals surface area contributed by atoms with Crippen LogP contribution in [-0.4, -0.2) is 8.42 Å². The van der Waals surface area contributed by atoms with Gasteiger partial charge in [-0.1, -0.05) is 35.9 Å². The second-order valence-corrected chi connectivity index (χ2v) is 6.72. The van der Waals surface area contributed by atoms with E-state index in [1.165, 1.54) is 18.2 Å². The van der Waals surface area contributed by atoms with Crippen molar-refractivity contribution in [1.82, 2.24) is 4.72 Å². The predicted molar refractivity (Wildman–Crippen MR) is 76.9 cm³/mol. The molecular formula is C14H10ClF4NO2S. The van der Waals surface area contributed by atoms with Gasteiger partial charge >= 0.3 is 6.18 Å². The highest BCUT2D eigenvalue weighted by atomic mass is 35.5. The number of benzene rings is 2. The van der Waals surface area contributed by atoms with Gasteiger partial charge in [0.15, 0.2) is 5.82 Å². The number of sulfonamides is 1. The van der Waals surface area contributed by atoms with E-state index in [9.17, 15) is 26.0 Å². The quantitative estimate of drug-likeness (QED) is 0.831. The minimum atomic E-state index is -4.53. The van der Waals surface area contributed by atoms with Crippen molar-refractivity contribution < 1.29 is 26.0 Å². The molecule has 124 valence electrons. The molecule has 3 nitrogen and oxygen atoms in total. The Balaban J connectivity index is 2.22. The maximum atomic E-state index is 13.7. The Morgan fingerprint density at radius 2 is 1.74 bits per heavy atom. The van der Waals surface area contributed by atoms with E-state index >= 15 is 0 Å². The van der Waals surface area contributed by atoms with Crippen LogP contribution in [0.25, 0.3) is 0 Å². The van der Waals surface area contributed by atoms with E-state index in [0.717, 1.165) is 24.3 Å². The first kappa shape index (κ1) is 17.7. The van der Waals surface area contributed by atoms with Crippen molar-refractivity contribution >= 4 is 21.6 Å². The molecule has 0 aliphatic rings. The van der Waals surface area contributed by atoms with Crippen LogP contribution in [0.4, 0.5) is 17.6 Å². The maximum Gasteiger partial charge on any atom is 0.416 e. The predicted octanol–water partition coefficient (Wildman–Crippen LogP) is 3.98. The molecule has 0 spiro atoms. The highest BCUT2D eigenvalue weighted by Gasteiger charge is 2.30. The molecule has 2 rings (SSSR count). The molecule has 0 saturated carbocycles. The number of hydrogen-bond acceptors (Lipinski definition) is 2. The Kier molecular flexibility index (Phi) is 4.98. The zero-order valence-electron chi connectivity index (χ0n) is 11.4. The van der Waals surface area contributed by atoms with E-state index < -0.39 is 39.0 Å². The van der Waals surface area contributed by atoms with E-state index in [4.69, 9.17) is 11.6 Å². The first-order valence-electron chi connectivity index (χ1n) is 6.21. The molecule has 1 N–H and O–H groups in total. The average molecular weight is 368 g/mol. The van der Waals surface area contributed by atoms with Crippen LogP contribution in [0.2, 0.25) is 5.02 Å². The first-order chi connectivity index (χ1) is 10.6. The molecule has 0 saturated heterocycles. The molecule has 2 aromatic rings. The van der Waals surface area contributed by atoms with Crippen molar-refractivity contribution in [3.63, 3.8) is 0 Å². The van der Waals surface area contributed by atoms with Crippen LogP contribution in [0.5, 0.6) is 0 Å². The molecule has 0 heterocycles. The van der Waals surface area contributed by atoms with Crippen LogP contribution < -0.4 is 4.72 Å². The number of rotatable bonds is 4. The van der Waals surface area contributed by atoms with Gasteiger partial charge in [0.1, 0.15) is 4.90 Å². The summed E-state index contributed by atoms with van der Waals surface area (Å²) in [6.45, 7) is -0.418. The molecule has 2 aromatic carbocycles. The summed E-state index contributed by atoms with van der Waals surface area (Å²) >= 11 is 5.52. The summed E-state index contributed by atoms with van der Waals surface area (Å²) in [5.41, 5.74) is -0.811. The van der Waals surface area contributed by atoms with Crippen molar-refractivity contribution in [2.45, 2.75) is 17.6 Å². The lowest BCUT2D eigenvalue weighted by Crippen LogP contribution is -2.24. The van der Waals surface area contributed by atoms with Crippen LogP contribution in [-0.2, 0) is 22.7 Å². The topological polar surface area (TPSA) is 46.2 Å². The van der Waals surface area contributed by atoms with E-state index in [1.807, 2.05) is 4.72 Å². The molecule has 0 amide bonds. The normalized spacial score (nSPS) is 12.4. The molecule has 0 unspecified atom stereocenters. The molecule has 0 radical (unpaired) electrons. The lowest BCUT2D eigenvalue weighted by molar-refractivity contribution is -0.137. The highest BCUT2D eigenvalue weighted by molar-refractivity contribution is 7.89. The first-order valence-corrected chi connectivity index (χ1v) is 8.07. The smallest absolute Gasteiger partial charge is 0.207 e. The molecule has 0 atom stereocenters. The van der Waals surface area contributed by atoms with Gasteiger partial charge in [0, 0.05) is 6.54 Å². The Hall–Kier alpha value is -1.64. The van der Waals surface area contributed by atoms with Gasteiger partial charge in [-0.25, -0.2) is 17.5 Å². The standard InChI is InChI=1S/C14H10ClF4NO2S/c15-11-5-2-6-12(13(11)16)23(21,22)20-8-9-3-1-4-10(7-9)14(17,18)19/h1-7,20H,8H2. The molecule has 9 heteroatoms. The Labute approximate surface area is 134 Å². The van der Waals surface area contributed by atoms with Gasteiger partial charge in [0.25, 0.3) is 0 Å².